The van der Waals surface area contributed by atoms with E-state index in [2.05, 4.69) is 15.6 Å². The van der Waals surface area contributed by atoms with Gasteiger partial charge in [-0.15, -0.1) is 0 Å². The molecule has 0 fully saturated rings. The number of carbonyl (C=O) groups is 1. The van der Waals surface area contributed by atoms with Crippen LogP contribution in [0.25, 0.3) is 5.65 Å². The number of aryl methyl sites for hydroxylation is 2. The fraction of sp³-hybridized carbons (Fsp3) is 0.125. The first-order valence-corrected chi connectivity index (χ1v) is 10.3. The zero-order chi connectivity index (χ0) is 22.7. The molecule has 162 valence electrons. The molecule has 2 aromatic carbocycles. The first-order chi connectivity index (χ1) is 15.4. The highest BCUT2D eigenvalue weighted by atomic mass is 35.5. The van der Waals surface area contributed by atoms with Gasteiger partial charge < -0.3 is 15.4 Å². The molecule has 0 aliphatic heterocycles. The summed E-state index contributed by atoms with van der Waals surface area (Å²) in [6, 6.07) is 17.0. The number of ether oxygens (including phenoxy) is 1. The smallest absolute Gasteiger partial charge is 0.323 e. The fourth-order valence-electron chi connectivity index (χ4n) is 3.16. The highest BCUT2D eigenvalue weighted by molar-refractivity contribution is 6.31. The van der Waals surface area contributed by atoms with Crippen LogP contribution in [0.4, 0.5) is 16.2 Å². The Bertz CT molecular complexity index is 1370. The van der Waals surface area contributed by atoms with Crippen LogP contribution in [0.3, 0.4) is 0 Å². The van der Waals surface area contributed by atoms with Gasteiger partial charge >= 0.3 is 6.03 Å². The molecule has 2 aromatic heterocycles. The molecule has 32 heavy (non-hydrogen) atoms. The number of nitrogens with zero attached hydrogens (tertiary/aromatic N) is 2. The van der Waals surface area contributed by atoms with Crippen LogP contribution in [0.1, 0.15) is 16.8 Å². The van der Waals surface area contributed by atoms with Crippen molar-refractivity contribution in [1.29, 1.82) is 0 Å². The number of hydrogen-bond acceptors (Lipinski definition) is 4. The lowest BCUT2D eigenvalue weighted by atomic mass is 10.2. The van der Waals surface area contributed by atoms with Gasteiger partial charge in [0.15, 0.2) is 0 Å². The van der Waals surface area contributed by atoms with Crippen LogP contribution >= 0.6 is 11.6 Å². The maximum Gasteiger partial charge on any atom is 0.323 e. The van der Waals surface area contributed by atoms with Gasteiger partial charge in [-0.2, -0.15) is 0 Å². The fourth-order valence-corrected chi connectivity index (χ4v) is 3.33. The van der Waals surface area contributed by atoms with Crippen molar-refractivity contribution in [2.45, 2.75) is 20.5 Å². The van der Waals surface area contributed by atoms with E-state index in [1.165, 1.54) is 10.5 Å². The number of halogens is 1. The Morgan fingerprint density at radius 3 is 2.75 bits per heavy atom. The number of anilines is 2. The van der Waals surface area contributed by atoms with E-state index in [0.29, 0.717) is 33.5 Å². The van der Waals surface area contributed by atoms with E-state index >= 15 is 0 Å². The molecule has 4 rings (SSSR count). The van der Waals surface area contributed by atoms with Crippen molar-refractivity contribution in [2.24, 2.45) is 0 Å². The Kier molecular flexibility index (Phi) is 6.09. The van der Waals surface area contributed by atoms with E-state index < -0.39 is 6.03 Å². The van der Waals surface area contributed by atoms with Crippen LogP contribution in [-0.4, -0.2) is 15.4 Å². The zero-order valence-corrected chi connectivity index (χ0v) is 18.3. The number of urea groups is 1. The van der Waals surface area contributed by atoms with E-state index in [-0.39, 0.29) is 12.2 Å². The molecule has 0 saturated heterocycles. The summed E-state index contributed by atoms with van der Waals surface area (Å²) >= 11 is 6.00. The number of aromatic nitrogens is 2. The molecule has 0 radical (unpaired) electrons. The van der Waals surface area contributed by atoms with Crippen molar-refractivity contribution in [3.63, 3.8) is 0 Å². The molecule has 0 saturated carbocycles. The predicted molar refractivity (Wildman–Crippen MR) is 126 cm³/mol. The van der Waals surface area contributed by atoms with Crippen LogP contribution in [0.5, 0.6) is 5.75 Å². The van der Waals surface area contributed by atoms with Gasteiger partial charge in [-0.3, -0.25) is 9.20 Å². The minimum absolute atomic E-state index is 0.122. The average Bonchev–Trinajstić information content (AvgIpc) is 2.75. The van der Waals surface area contributed by atoms with E-state index in [0.717, 1.165) is 11.1 Å². The molecule has 8 heteroatoms. The number of hydrogen-bond donors (Lipinski definition) is 2. The van der Waals surface area contributed by atoms with Gasteiger partial charge in [-0.05, 0) is 61.4 Å². The zero-order valence-electron chi connectivity index (χ0n) is 17.6. The standard InChI is InChI=1S/C24H21ClN4O3/c1-15-8-9-29-22(10-15)26-19(13-23(29)30)14-32-20-5-3-4-18(12-20)27-24(31)28-21-11-17(25)7-6-16(21)2/h3-13H,14H2,1-2H3,(H2,27,28,31). The van der Waals surface area contributed by atoms with Gasteiger partial charge in [-0.25, -0.2) is 9.78 Å². The number of pyridine rings is 1. The van der Waals surface area contributed by atoms with Gasteiger partial charge in [0, 0.05) is 34.7 Å². The van der Waals surface area contributed by atoms with E-state index in [9.17, 15) is 9.59 Å². The molecule has 0 bridgehead atoms. The second-order valence-electron chi connectivity index (χ2n) is 7.37. The quantitative estimate of drug-likeness (QED) is 0.440. The molecule has 2 amide bonds. The summed E-state index contributed by atoms with van der Waals surface area (Å²) < 4.78 is 7.29. The molecule has 0 unspecified atom stereocenters. The van der Waals surface area contributed by atoms with Gasteiger partial charge in [0.25, 0.3) is 5.56 Å². The maximum absolute atomic E-state index is 12.4. The molecule has 2 heterocycles. The van der Waals surface area contributed by atoms with E-state index in [1.807, 2.05) is 32.0 Å². The van der Waals surface area contributed by atoms with E-state index in [4.69, 9.17) is 16.3 Å². The van der Waals surface area contributed by atoms with Crippen LogP contribution < -0.4 is 20.9 Å². The van der Waals surface area contributed by atoms with Crippen molar-refractivity contribution in [3.05, 3.63) is 99.1 Å². The van der Waals surface area contributed by atoms with Gasteiger partial charge in [0.2, 0.25) is 0 Å². The molecular weight excluding hydrogens is 428 g/mol. The summed E-state index contributed by atoms with van der Waals surface area (Å²) in [6.45, 7) is 3.95. The highest BCUT2D eigenvalue weighted by Gasteiger charge is 2.08. The Morgan fingerprint density at radius 2 is 1.91 bits per heavy atom. The third kappa shape index (κ3) is 5.07. The number of rotatable bonds is 5. The lowest BCUT2D eigenvalue weighted by Gasteiger charge is -2.12. The van der Waals surface area contributed by atoms with E-state index in [1.54, 1.807) is 42.6 Å². The van der Waals surface area contributed by atoms with Gasteiger partial charge in [0.1, 0.15) is 18.0 Å². The third-order valence-corrected chi connectivity index (χ3v) is 5.04. The van der Waals surface area contributed by atoms with Crippen LogP contribution in [-0.2, 0) is 6.61 Å². The number of nitrogens with one attached hydrogen (secondary N) is 2. The summed E-state index contributed by atoms with van der Waals surface area (Å²) in [5.41, 5.74) is 4.02. The van der Waals surface area contributed by atoms with Crippen molar-refractivity contribution in [2.75, 3.05) is 10.6 Å². The molecule has 0 aliphatic rings. The van der Waals surface area contributed by atoms with Crippen molar-refractivity contribution >= 4 is 34.7 Å². The lowest BCUT2D eigenvalue weighted by Crippen LogP contribution is -2.20. The van der Waals surface area contributed by atoms with Crippen molar-refractivity contribution < 1.29 is 9.53 Å². The summed E-state index contributed by atoms with van der Waals surface area (Å²) in [5, 5.41) is 6.10. The maximum atomic E-state index is 12.4. The number of amides is 2. The molecule has 7 nitrogen and oxygen atoms in total. The van der Waals surface area contributed by atoms with Crippen LogP contribution in [0.15, 0.2) is 71.7 Å². The van der Waals surface area contributed by atoms with Crippen molar-refractivity contribution in [1.82, 2.24) is 9.38 Å². The van der Waals surface area contributed by atoms with Gasteiger partial charge in [-0.1, -0.05) is 23.7 Å². The number of fused-ring (bicyclic) bond motifs is 1. The molecule has 2 N–H and O–H groups in total. The largest absolute Gasteiger partial charge is 0.487 e. The summed E-state index contributed by atoms with van der Waals surface area (Å²) in [7, 11) is 0. The number of carbonyl (C=O) groups excluding carboxylic acids is 1. The third-order valence-electron chi connectivity index (χ3n) is 4.80. The minimum atomic E-state index is -0.396. The molecule has 0 atom stereocenters. The Hall–Kier alpha value is -3.84. The second-order valence-corrected chi connectivity index (χ2v) is 7.81. The monoisotopic (exact) mass is 448 g/mol. The molecular formula is C24H21ClN4O3. The topological polar surface area (TPSA) is 84.7 Å². The van der Waals surface area contributed by atoms with Crippen LogP contribution in [0, 0.1) is 13.8 Å². The first-order valence-electron chi connectivity index (χ1n) is 9.93. The normalized spacial score (nSPS) is 10.7. The summed E-state index contributed by atoms with van der Waals surface area (Å²) in [4.78, 5) is 29.2. The molecule has 4 aromatic rings. The predicted octanol–water partition coefficient (Wildman–Crippen LogP) is 5.19. The summed E-state index contributed by atoms with van der Waals surface area (Å²) in [6.07, 6.45) is 1.70. The van der Waals surface area contributed by atoms with Crippen LogP contribution in [0.2, 0.25) is 5.02 Å². The minimum Gasteiger partial charge on any atom is -0.487 e. The number of benzene rings is 2. The summed E-state index contributed by atoms with van der Waals surface area (Å²) in [5.74, 6) is 0.535. The first kappa shape index (κ1) is 21.4. The molecule has 0 aliphatic carbocycles. The van der Waals surface area contributed by atoms with Crippen molar-refractivity contribution in [3.8, 4) is 5.75 Å². The Balaban J connectivity index is 1.43. The van der Waals surface area contributed by atoms with Gasteiger partial charge in [0.05, 0.1) is 5.69 Å². The SMILES string of the molecule is Cc1ccn2c(=O)cc(COc3cccc(NC(=O)Nc4cc(Cl)ccc4C)c3)nc2c1. The Morgan fingerprint density at radius 1 is 1.06 bits per heavy atom. The lowest BCUT2D eigenvalue weighted by molar-refractivity contribution is 0.262. The Labute approximate surface area is 189 Å². The average molecular weight is 449 g/mol. The second kappa shape index (κ2) is 9.11. The highest BCUT2D eigenvalue weighted by Crippen LogP contribution is 2.22. The molecule has 0 spiro atoms.